The summed E-state index contributed by atoms with van der Waals surface area (Å²) in [4.78, 5) is 11.3. The molecule has 0 saturated heterocycles. The van der Waals surface area contributed by atoms with Crippen molar-refractivity contribution in [3.8, 4) is 11.1 Å². The molecule has 0 N–H and O–H groups in total. The molecule has 88 valence electrons. The number of rotatable bonds is 2. The van der Waals surface area contributed by atoms with E-state index >= 15 is 0 Å². The molecule has 5 heteroatoms. The molecule has 0 amide bonds. The maximum Gasteiger partial charge on any atom is 0.340 e. The number of carbonyl (C=O) groups is 1. The van der Waals surface area contributed by atoms with Gasteiger partial charge in [-0.1, -0.05) is 6.07 Å². The third kappa shape index (κ3) is 2.18. The fraction of sp³-hybridized carbons (Fsp3) is 0.167. The minimum atomic E-state index is -0.687. The highest BCUT2D eigenvalue weighted by Gasteiger charge is 2.13. The van der Waals surface area contributed by atoms with Crippen LogP contribution in [0.15, 0.2) is 30.6 Å². The third-order valence-corrected chi connectivity index (χ3v) is 2.41. The average molecular weight is 234 g/mol. The fourth-order valence-corrected chi connectivity index (χ4v) is 1.54. The highest BCUT2D eigenvalue weighted by Crippen LogP contribution is 2.21. The summed E-state index contributed by atoms with van der Waals surface area (Å²) >= 11 is 0. The number of esters is 1. The molecule has 0 atom stereocenters. The lowest BCUT2D eigenvalue weighted by Gasteiger charge is -2.03. The second-order valence-corrected chi connectivity index (χ2v) is 3.59. The molecular formula is C12H11FN2O2. The molecule has 2 aromatic rings. The maximum atomic E-state index is 13.4. The molecule has 0 radical (unpaired) electrons. The number of nitrogens with zero attached hydrogens (tertiary/aromatic N) is 2. The lowest BCUT2D eigenvalue weighted by atomic mass is 10.1. The lowest BCUT2D eigenvalue weighted by Crippen LogP contribution is -2.04. The van der Waals surface area contributed by atoms with Gasteiger partial charge in [0.1, 0.15) is 5.82 Å². The summed E-state index contributed by atoms with van der Waals surface area (Å²) in [6, 6.07) is 4.30. The van der Waals surface area contributed by atoms with Crippen LogP contribution >= 0.6 is 0 Å². The Labute approximate surface area is 97.6 Å². The number of halogens is 1. The molecule has 4 nitrogen and oxygen atoms in total. The topological polar surface area (TPSA) is 44.1 Å². The van der Waals surface area contributed by atoms with Crippen LogP contribution < -0.4 is 0 Å². The van der Waals surface area contributed by atoms with Gasteiger partial charge in [-0.2, -0.15) is 5.10 Å². The highest BCUT2D eigenvalue weighted by atomic mass is 19.1. The number of hydrogen-bond acceptors (Lipinski definition) is 3. The Bertz CT molecular complexity index is 563. The zero-order valence-corrected chi connectivity index (χ0v) is 9.48. The number of aromatic nitrogens is 2. The minimum Gasteiger partial charge on any atom is -0.465 e. The molecule has 1 aromatic heterocycles. The van der Waals surface area contributed by atoms with E-state index in [1.807, 2.05) is 0 Å². The Balaban J connectivity index is 2.47. The number of benzene rings is 1. The van der Waals surface area contributed by atoms with E-state index in [4.69, 9.17) is 0 Å². The molecule has 0 bridgehead atoms. The summed E-state index contributed by atoms with van der Waals surface area (Å²) < 4.78 is 19.6. The Morgan fingerprint density at radius 1 is 1.41 bits per heavy atom. The number of ether oxygens (including phenoxy) is 1. The summed E-state index contributed by atoms with van der Waals surface area (Å²) in [5, 5.41) is 4.02. The second-order valence-electron chi connectivity index (χ2n) is 3.59. The molecule has 0 unspecified atom stereocenters. The molecular weight excluding hydrogens is 223 g/mol. The van der Waals surface area contributed by atoms with E-state index in [-0.39, 0.29) is 5.56 Å². The van der Waals surface area contributed by atoms with Gasteiger partial charge in [0.15, 0.2) is 0 Å². The quantitative estimate of drug-likeness (QED) is 0.746. The first-order valence-corrected chi connectivity index (χ1v) is 4.98. The van der Waals surface area contributed by atoms with Gasteiger partial charge in [-0.15, -0.1) is 0 Å². The summed E-state index contributed by atoms with van der Waals surface area (Å²) in [6.07, 6.45) is 3.43. The van der Waals surface area contributed by atoms with Crippen LogP contribution in [0, 0.1) is 5.82 Å². The smallest absolute Gasteiger partial charge is 0.340 e. The Kier molecular flexibility index (Phi) is 2.91. The number of aryl methyl sites for hydroxylation is 1. The van der Waals surface area contributed by atoms with Crippen molar-refractivity contribution < 1.29 is 13.9 Å². The number of methoxy groups -OCH3 is 1. The minimum absolute atomic E-state index is 0.0751. The van der Waals surface area contributed by atoms with Crippen LogP contribution in [0.2, 0.25) is 0 Å². The standard InChI is InChI=1S/C12H11FN2O2/c1-15-7-9(6-14-15)8-3-4-11(13)10(5-8)12(16)17-2/h3-7H,1-2H3. The van der Waals surface area contributed by atoms with E-state index in [9.17, 15) is 9.18 Å². The van der Waals surface area contributed by atoms with Gasteiger partial charge in [0, 0.05) is 18.8 Å². The van der Waals surface area contributed by atoms with Crippen molar-refractivity contribution in [1.82, 2.24) is 9.78 Å². The van der Waals surface area contributed by atoms with Crippen molar-refractivity contribution in [2.24, 2.45) is 7.05 Å². The molecule has 2 rings (SSSR count). The van der Waals surface area contributed by atoms with Crippen LogP contribution in [0.3, 0.4) is 0 Å². The van der Waals surface area contributed by atoms with Gasteiger partial charge >= 0.3 is 5.97 Å². The monoisotopic (exact) mass is 234 g/mol. The summed E-state index contributed by atoms with van der Waals surface area (Å²) in [7, 11) is 3.01. The summed E-state index contributed by atoms with van der Waals surface area (Å²) in [5.41, 5.74) is 1.46. The normalized spacial score (nSPS) is 10.3. The Morgan fingerprint density at radius 3 is 2.76 bits per heavy atom. The van der Waals surface area contributed by atoms with E-state index in [0.29, 0.717) is 0 Å². The average Bonchev–Trinajstić information content (AvgIpc) is 2.75. The van der Waals surface area contributed by atoms with Crippen LogP contribution in [0.1, 0.15) is 10.4 Å². The first kappa shape index (κ1) is 11.3. The van der Waals surface area contributed by atoms with E-state index in [1.54, 1.807) is 30.2 Å². The van der Waals surface area contributed by atoms with Crippen LogP contribution in [-0.4, -0.2) is 22.9 Å². The SMILES string of the molecule is COC(=O)c1cc(-c2cnn(C)c2)ccc1F. The van der Waals surface area contributed by atoms with E-state index in [1.165, 1.54) is 19.2 Å². The van der Waals surface area contributed by atoms with Gasteiger partial charge in [0.25, 0.3) is 0 Å². The van der Waals surface area contributed by atoms with Crippen molar-refractivity contribution in [2.75, 3.05) is 7.11 Å². The molecule has 0 aliphatic rings. The highest BCUT2D eigenvalue weighted by molar-refractivity contribution is 5.91. The fourth-order valence-electron chi connectivity index (χ4n) is 1.54. The largest absolute Gasteiger partial charge is 0.465 e. The van der Waals surface area contributed by atoms with Crippen LogP contribution in [-0.2, 0) is 11.8 Å². The van der Waals surface area contributed by atoms with Gasteiger partial charge in [0.05, 0.1) is 18.9 Å². The molecule has 0 aliphatic heterocycles. The van der Waals surface area contributed by atoms with Gasteiger partial charge in [0.2, 0.25) is 0 Å². The zero-order valence-electron chi connectivity index (χ0n) is 9.48. The molecule has 17 heavy (non-hydrogen) atoms. The predicted molar refractivity (Wildman–Crippen MR) is 59.9 cm³/mol. The first-order chi connectivity index (χ1) is 8.11. The Hall–Kier alpha value is -2.17. The molecule has 0 spiro atoms. The summed E-state index contributed by atoms with van der Waals surface area (Å²) in [6.45, 7) is 0. The van der Waals surface area contributed by atoms with Gasteiger partial charge in [-0.05, 0) is 17.7 Å². The van der Waals surface area contributed by atoms with E-state index in [2.05, 4.69) is 9.84 Å². The van der Waals surface area contributed by atoms with Gasteiger partial charge < -0.3 is 4.74 Å². The third-order valence-electron chi connectivity index (χ3n) is 2.41. The van der Waals surface area contributed by atoms with Crippen molar-refractivity contribution >= 4 is 5.97 Å². The van der Waals surface area contributed by atoms with Crippen LogP contribution in [0.5, 0.6) is 0 Å². The molecule has 0 saturated carbocycles. The van der Waals surface area contributed by atoms with Crippen LogP contribution in [0.25, 0.3) is 11.1 Å². The second kappa shape index (κ2) is 4.37. The van der Waals surface area contributed by atoms with E-state index in [0.717, 1.165) is 11.1 Å². The lowest BCUT2D eigenvalue weighted by molar-refractivity contribution is 0.0595. The van der Waals surface area contributed by atoms with Crippen molar-refractivity contribution in [3.63, 3.8) is 0 Å². The number of hydrogen-bond donors (Lipinski definition) is 0. The molecule has 0 aliphatic carbocycles. The van der Waals surface area contributed by atoms with Crippen molar-refractivity contribution in [2.45, 2.75) is 0 Å². The van der Waals surface area contributed by atoms with Crippen molar-refractivity contribution in [1.29, 1.82) is 0 Å². The van der Waals surface area contributed by atoms with Gasteiger partial charge in [-0.25, -0.2) is 9.18 Å². The molecule has 1 heterocycles. The predicted octanol–water partition coefficient (Wildman–Crippen LogP) is 2.01. The molecule has 1 aromatic carbocycles. The van der Waals surface area contributed by atoms with Crippen LogP contribution in [0.4, 0.5) is 4.39 Å². The van der Waals surface area contributed by atoms with E-state index < -0.39 is 11.8 Å². The summed E-state index contributed by atoms with van der Waals surface area (Å²) in [5.74, 6) is -1.28. The maximum absolute atomic E-state index is 13.4. The van der Waals surface area contributed by atoms with Gasteiger partial charge in [-0.3, -0.25) is 4.68 Å². The Morgan fingerprint density at radius 2 is 2.18 bits per heavy atom. The number of carbonyl (C=O) groups excluding carboxylic acids is 1. The molecule has 0 fully saturated rings. The van der Waals surface area contributed by atoms with Crippen molar-refractivity contribution in [3.05, 3.63) is 42.0 Å². The zero-order chi connectivity index (χ0) is 12.4. The first-order valence-electron chi connectivity index (χ1n) is 4.98.